The molecule has 1 amide bonds. The molecule has 1 atom stereocenters. The molecule has 1 heterocycles. The van der Waals surface area contributed by atoms with Crippen LogP contribution in [0.5, 0.6) is 0 Å². The van der Waals surface area contributed by atoms with Crippen LogP contribution in [0.25, 0.3) is 0 Å². The van der Waals surface area contributed by atoms with E-state index < -0.39 is 11.6 Å². The van der Waals surface area contributed by atoms with E-state index in [1.807, 2.05) is 24.0 Å². The van der Waals surface area contributed by atoms with Gasteiger partial charge < -0.3 is 4.90 Å². The van der Waals surface area contributed by atoms with E-state index in [9.17, 15) is 13.6 Å². The van der Waals surface area contributed by atoms with Gasteiger partial charge in [-0.1, -0.05) is 39.0 Å². The Balaban J connectivity index is 1.72. The van der Waals surface area contributed by atoms with Crippen molar-refractivity contribution in [3.63, 3.8) is 0 Å². The summed E-state index contributed by atoms with van der Waals surface area (Å²) in [7, 11) is 0. The lowest BCUT2D eigenvalue weighted by atomic mass is 9.87. The first kappa shape index (κ1) is 19.5. The number of benzene rings is 2. The third-order valence-electron chi connectivity index (χ3n) is 5.22. The van der Waals surface area contributed by atoms with Gasteiger partial charge in [0.05, 0.1) is 6.04 Å². The van der Waals surface area contributed by atoms with Gasteiger partial charge in [0.15, 0.2) is 0 Å². The van der Waals surface area contributed by atoms with Crippen LogP contribution >= 0.6 is 0 Å². The maximum Gasteiger partial charge on any atom is 0.244 e. The molecule has 2 aromatic carbocycles. The predicted octanol–water partition coefficient (Wildman–Crippen LogP) is 4.50. The summed E-state index contributed by atoms with van der Waals surface area (Å²) < 4.78 is 27.0. The minimum Gasteiger partial charge on any atom is -0.310 e. The van der Waals surface area contributed by atoms with Crippen LogP contribution in [0, 0.1) is 11.6 Å². The van der Waals surface area contributed by atoms with E-state index in [0.717, 1.165) is 11.8 Å². The van der Waals surface area contributed by atoms with Crippen LogP contribution < -0.4 is 4.90 Å². The van der Waals surface area contributed by atoms with E-state index in [4.69, 9.17) is 0 Å². The standard InChI is InChI=1S/C22H26F2N2O/c1-15-21(27)26(19-9-6-17(7-10-19)22(2,3)4)12-11-25(15)14-16-5-8-18(23)13-20(16)24/h5-10,13,15H,11-12,14H2,1-4H3. The third kappa shape index (κ3) is 4.19. The molecule has 27 heavy (non-hydrogen) atoms. The molecule has 144 valence electrons. The topological polar surface area (TPSA) is 23.6 Å². The highest BCUT2D eigenvalue weighted by atomic mass is 19.1. The molecular weight excluding hydrogens is 346 g/mol. The van der Waals surface area contributed by atoms with Crippen LogP contribution in [0.1, 0.15) is 38.8 Å². The molecule has 0 bridgehead atoms. The summed E-state index contributed by atoms with van der Waals surface area (Å²) >= 11 is 0. The second kappa shape index (κ2) is 7.39. The minimum atomic E-state index is -0.594. The highest BCUT2D eigenvalue weighted by molar-refractivity contribution is 5.97. The van der Waals surface area contributed by atoms with Crippen molar-refractivity contribution in [2.24, 2.45) is 0 Å². The maximum absolute atomic E-state index is 13.9. The summed E-state index contributed by atoms with van der Waals surface area (Å²) in [6, 6.07) is 11.3. The molecule has 1 aliphatic heterocycles. The van der Waals surface area contributed by atoms with E-state index in [2.05, 4.69) is 32.9 Å². The van der Waals surface area contributed by atoms with Gasteiger partial charge in [-0.15, -0.1) is 0 Å². The van der Waals surface area contributed by atoms with Gasteiger partial charge in [0, 0.05) is 37.0 Å². The first-order valence-electron chi connectivity index (χ1n) is 9.27. The SMILES string of the molecule is CC1C(=O)N(c2ccc(C(C)(C)C)cc2)CCN1Cc1ccc(F)cc1F. The van der Waals surface area contributed by atoms with Gasteiger partial charge in [-0.05, 0) is 36.1 Å². The van der Waals surface area contributed by atoms with E-state index in [-0.39, 0.29) is 23.9 Å². The Hall–Kier alpha value is -2.27. The van der Waals surface area contributed by atoms with E-state index >= 15 is 0 Å². The normalized spacial score (nSPS) is 18.8. The van der Waals surface area contributed by atoms with Crippen molar-refractivity contribution in [1.82, 2.24) is 4.90 Å². The van der Waals surface area contributed by atoms with Gasteiger partial charge in [0.2, 0.25) is 5.91 Å². The monoisotopic (exact) mass is 372 g/mol. The summed E-state index contributed by atoms with van der Waals surface area (Å²) in [4.78, 5) is 16.6. The van der Waals surface area contributed by atoms with E-state index in [1.165, 1.54) is 17.7 Å². The number of hydrogen-bond donors (Lipinski definition) is 0. The third-order valence-corrected chi connectivity index (χ3v) is 5.22. The highest BCUT2D eigenvalue weighted by Crippen LogP contribution is 2.27. The highest BCUT2D eigenvalue weighted by Gasteiger charge is 2.32. The Bertz CT molecular complexity index is 827. The number of carbonyl (C=O) groups is 1. The molecule has 0 aliphatic carbocycles. The Morgan fingerprint density at radius 3 is 2.30 bits per heavy atom. The summed E-state index contributed by atoms with van der Waals surface area (Å²) in [5.74, 6) is -1.17. The molecule has 0 aromatic heterocycles. The predicted molar refractivity (Wildman–Crippen MR) is 104 cm³/mol. The Labute approximate surface area is 159 Å². The van der Waals surface area contributed by atoms with Crippen LogP contribution in [-0.2, 0) is 16.8 Å². The fourth-order valence-corrected chi connectivity index (χ4v) is 3.40. The van der Waals surface area contributed by atoms with Crippen LogP contribution in [0.15, 0.2) is 42.5 Å². The number of anilines is 1. The van der Waals surface area contributed by atoms with Crippen LogP contribution in [0.3, 0.4) is 0 Å². The lowest BCUT2D eigenvalue weighted by Gasteiger charge is -2.39. The molecule has 1 fully saturated rings. The molecule has 1 unspecified atom stereocenters. The second-order valence-corrected chi connectivity index (χ2v) is 8.17. The quantitative estimate of drug-likeness (QED) is 0.792. The first-order chi connectivity index (χ1) is 12.7. The summed E-state index contributed by atoms with van der Waals surface area (Å²) in [5.41, 5.74) is 2.57. The zero-order chi connectivity index (χ0) is 19.8. The van der Waals surface area contributed by atoms with Crippen molar-refractivity contribution in [3.8, 4) is 0 Å². The number of hydrogen-bond acceptors (Lipinski definition) is 2. The smallest absolute Gasteiger partial charge is 0.244 e. The average molecular weight is 372 g/mol. The summed E-state index contributed by atoms with van der Waals surface area (Å²) in [5, 5.41) is 0. The molecule has 0 radical (unpaired) electrons. The molecule has 3 nitrogen and oxygen atoms in total. The number of amides is 1. The zero-order valence-corrected chi connectivity index (χ0v) is 16.3. The van der Waals surface area contributed by atoms with Crippen molar-refractivity contribution in [2.75, 3.05) is 18.0 Å². The van der Waals surface area contributed by atoms with Gasteiger partial charge in [-0.3, -0.25) is 9.69 Å². The van der Waals surface area contributed by atoms with Crippen molar-refractivity contribution >= 4 is 11.6 Å². The molecule has 1 aliphatic rings. The Morgan fingerprint density at radius 1 is 1.04 bits per heavy atom. The Morgan fingerprint density at radius 2 is 1.70 bits per heavy atom. The minimum absolute atomic E-state index is 0.00715. The molecule has 3 rings (SSSR count). The summed E-state index contributed by atoms with van der Waals surface area (Å²) in [6.45, 7) is 9.76. The van der Waals surface area contributed by atoms with E-state index in [0.29, 0.717) is 18.7 Å². The summed E-state index contributed by atoms with van der Waals surface area (Å²) in [6.07, 6.45) is 0. The van der Waals surface area contributed by atoms with Gasteiger partial charge in [-0.2, -0.15) is 0 Å². The molecule has 5 heteroatoms. The number of rotatable bonds is 3. The van der Waals surface area contributed by atoms with Crippen LogP contribution in [0.2, 0.25) is 0 Å². The van der Waals surface area contributed by atoms with Crippen molar-refractivity contribution < 1.29 is 13.6 Å². The Kier molecular flexibility index (Phi) is 5.33. The fraction of sp³-hybridized carbons (Fsp3) is 0.409. The second-order valence-electron chi connectivity index (χ2n) is 8.17. The van der Waals surface area contributed by atoms with Crippen molar-refractivity contribution in [2.45, 2.75) is 45.7 Å². The van der Waals surface area contributed by atoms with Crippen molar-refractivity contribution in [1.29, 1.82) is 0 Å². The largest absolute Gasteiger partial charge is 0.310 e. The van der Waals surface area contributed by atoms with Gasteiger partial charge in [0.25, 0.3) is 0 Å². The lowest BCUT2D eigenvalue weighted by molar-refractivity contribution is -0.125. The maximum atomic E-state index is 13.9. The molecule has 0 saturated carbocycles. The van der Waals surface area contributed by atoms with Crippen LogP contribution in [-0.4, -0.2) is 29.9 Å². The van der Waals surface area contributed by atoms with Gasteiger partial charge >= 0.3 is 0 Å². The molecular formula is C22H26F2N2O. The lowest BCUT2D eigenvalue weighted by Crippen LogP contribution is -2.55. The van der Waals surface area contributed by atoms with Gasteiger partial charge in [0.1, 0.15) is 11.6 Å². The number of nitrogens with zero attached hydrogens (tertiary/aromatic N) is 2. The zero-order valence-electron chi connectivity index (χ0n) is 16.3. The molecule has 1 saturated heterocycles. The van der Waals surface area contributed by atoms with Crippen LogP contribution in [0.4, 0.5) is 14.5 Å². The fourth-order valence-electron chi connectivity index (χ4n) is 3.40. The molecule has 2 aromatic rings. The average Bonchev–Trinajstić information content (AvgIpc) is 2.60. The molecule has 0 N–H and O–H groups in total. The molecule has 0 spiro atoms. The number of carbonyl (C=O) groups excluding carboxylic acids is 1. The van der Waals surface area contributed by atoms with E-state index in [1.54, 1.807) is 4.90 Å². The number of halogens is 2. The number of piperazine rings is 1. The van der Waals surface area contributed by atoms with Gasteiger partial charge in [-0.25, -0.2) is 8.78 Å². The van der Waals surface area contributed by atoms with Crippen molar-refractivity contribution in [3.05, 3.63) is 65.2 Å². The first-order valence-corrected chi connectivity index (χ1v) is 9.27.